The number of nitrogens with one attached hydrogen (secondary N) is 2. The van der Waals surface area contributed by atoms with Crippen molar-refractivity contribution < 1.29 is 4.79 Å². The molecule has 2 unspecified atom stereocenters. The second kappa shape index (κ2) is 6.41. The lowest BCUT2D eigenvalue weighted by atomic mass is 10.1. The Balaban J connectivity index is 1.63. The monoisotopic (exact) mass is 314 g/mol. The summed E-state index contributed by atoms with van der Waals surface area (Å²) in [6.45, 7) is 1.93. The van der Waals surface area contributed by atoms with Crippen LogP contribution in [0, 0.1) is 0 Å². The van der Waals surface area contributed by atoms with Crippen molar-refractivity contribution in [3.8, 4) is 0 Å². The SMILES string of the molecule is CC(NC(=O)NC1CCc2ccccc21)c1ccccc1Cl. The van der Waals surface area contributed by atoms with Gasteiger partial charge in [-0.25, -0.2) is 4.79 Å². The summed E-state index contributed by atoms with van der Waals surface area (Å²) in [5.74, 6) is 0. The van der Waals surface area contributed by atoms with Crippen LogP contribution in [0.3, 0.4) is 0 Å². The van der Waals surface area contributed by atoms with Crippen molar-refractivity contribution >= 4 is 17.6 Å². The summed E-state index contributed by atoms with van der Waals surface area (Å²) in [7, 11) is 0. The van der Waals surface area contributed by atoms with Crippen molar-refractivity contribution in [3.05, 3.63) is 70.2 Å². The molecule has 0 radical (unpaired) electrons. The number of carbonyl (C=O) groups is 1. The lowest BCUT2D eigenvalue weighted by molar-refractivity contribution is 0.234. The quantitative estimate of drug-likeness (QED) is 0.867. The van der Waals surface area contributed by atoms with Crippen LogP contribution in [-0.2, 0) is 6.42 Å². The number of fused-ring (bicyclic) bond motifs is 1. The third-order valence-corrected chi connectivity index (χ3v) is 4.50. The molecule has 0 spiro atoms. The molecule has 0 saturated carbocycles. The lowest BCUT2D eigenvalue weighted by Gasteiger charge is -2.19. The molecule has 0 fully saturated rings. The van der Waals surface area contributed by atoms with Crippen LogP contribution in [0.4, 0.5) is 4.79 Å². The van der Waals surface area contributed by atoms with E-state index in [4.69, 9.17) is 11.6 Å². The summed E-state index contributed by atoms with van der Waals surface area (Å²) in [5.41, 5.74) is 3.47. The van der Waals surface area contributed by atoms with Gasteiger partial charge in [0.25, 0.3) is 0 Å². The number of carbonyl (C=O) groups excluding carboxylic acids is 1. The molecule has 2 amide bonds. The molecule has 114 valence electrons. The van der Waals surface area contributed by atoms with Gasteiger partial charge in [-0.1, -0.05) is 54.1 Å². The molecule has 0 aromatic heterocycles. The predicted molar refractivity (Wildman–Crippen MR) is 89.0 cm³/mol. The first-order valence-electron chi connectivity index (χ1n) is 7.54. The fourth-order valence-corrected chi connectivity index (χ4v) is 3.31. The molecule has 2 aromatic rings. The van der Waals surface area contributed by atoms with Gasteiger partial charge >= 0.3 is 6.03 Å². The molecule has 2 aromatic carbocycles. The molecule has 1 aliphatic carbocycles. The van der Waals surface area contributed by atoms with Gasteiger partial charge in [-0.3, -0.25) is 0 Å². The highest BCUT2D eigenvalue weighted by Crippen LogP contribution is 2.30. The van der Waals surface area contributed by atoms with Gasteiger partial charge in [-0.15, -0.1) is 0 Å². The molecule has 3 rings (SSSR count). The lowest BCUT2D eigenvalue weighted by Crippen LogP contribution is -2.38. The van der Waals surface area contributed by atoms with E-state index in [9.17, 15) is 4.79 Å². The van der Waals surface area contributed by atoms with Crippen molar-refractivity contribution in [3.63, 3.8) is 0 Å². The number of rotatable bonds is 3. The Kier molecular flexibility index (Phi) is 4.34. The molecule has 4 heteroatoms. The van der Waals surface area contributed by atoms with Crippen molar-refractivity contribution in [2.24, 2.45) is 0 Å². The summed E-state index contributed by atoms with van der Waals surface area (Å²) in [5, 5.41) is 6.69. The molecule has 2 N–H and O–H groups in total. The van der Waals surface area contributed by atoms with E-state index in [0.717, 1.165) is 18.4 Å². The Bertz CT molecular complexity index is 686. The second-order valence-corrected chi connectivity index (χ2v) is 6.06. The summed E-state index contributed by atoms with van der Waals surface area (Å²) < 4.78 is 0. The predicted octanol–water partition coefficient (Wildman–Crippen LogP) is 4.39. The molecule has 1 aliphatic rings. The maximum atomic E-state index is 12.2. The van der Waals surface area contributed by atoms with E-state index >= 15 is 0 Å². The van der Waals surface area contributed by atoms with Gasteiger partial charge in [-0.2, -0.15) is 0 Å². The number of aryl methyl sites for hydroxylation is 1. The minimum atomic E-state index is -0.158. The topological polar surface area (TPSA) is 41.1 Å². The van der Waals surface area contributed by atoms with Gasteiger partial charge < -0.3 is 10.6 Å². The number of benzene rings is 2. The first kappa shape index (κ1) is 14.9. The third-order valence-electron chi connectivity index (χ3n) is 4.16. The molecule has 2 atom stereocenters. The molecule has 22 heavy (non-hydrogen) atoms. The van der Waals surface area contributed by atoms with E-state index in [1.165, 1.54) is 11.1 Å². The Morgan fingerprint density at radius 2 is 1.91 bits per heavy atom. The highest BCUT2D eigenvalue weighted by molar-refractivity contribution is 6.31. The van der Waals surface area contributed by atoms with Crippen LogP contribution in [0.25, 0.3) is 0 Å². The Morgan fingerprint density at radius 1 is 1.18 bits per heavy atom. The molecular weight excluding hydrogens is 296 g/mol. The Hall–Kier alpha value is -2.00. The highest BCUT2D eigenvalue weighted by Gasteiger charge is 2.24. The van der Waals surface area contributed by atoms with Gasteiger partial charge in [0.2, 0.25) is 0 Å². The van der Waals surface area contributed by atoms with Gasteiger partial charge in [0.1, 0.15) is 0 Å². The zero-order chi connectivity index (χ0) is 15.5. The van der Waals surface area contributed by atoms with E-state index in [2.05, 4.69) is 22.8 Å². The molecule has 0 heterocycles. The Morgan fingerprint density at radius 3 is 2.73 bits per heavy atom. The smallest absolute Gasteiger partial charge is 0.315 e. The van der Waals surface area contributed by atoms with Crippen LogP contribution in [0.2, 0.25) is 5.02 Å². The second-order valence-electron chi connectivity index (χ2n) is 5.65. The van der Waals surface area contributed by atoms with E-state index < -0.39 is 0 Å². The van der Waals surface area contributed by atoms with Crippen LogP contribution in [0.1, 0.15) is 42.1 Å². The number of urea groups is 1. The molecule has 3 nitrogen and oxygen atoms in total. The van der Waals surface area contributed by atoms with Gasteiger partial charge in [0.05, 0.1) is 12.1 Å². The van der Waals surface area contributed by atoms with E-state index in [-0.39, 0.29) is 18.1 Å². The molecular formula is C18H19ClN2O. The largest absolute Gasteiger partial charge is 0.332 e. The number of hydrogen-bond acceptors (Lipinski definition) is 1. The van der Waals surface area contributed by atoms with Crippen molar-refractivity contribution in [2.45, 2.75) is 31.8 Å². The average molecular weight is 315 g/mol. The van der Waals surface area contributed by atoms with Gasteiger partial charge in [0.15, 0.2) is 0 Å². The first-order chi connectivity index (χ1) is 10.6. The molecule has 0 saturated heterocycles. The maximum absolute atomic E-state index is 12.2. The van der Waals surface area contributed by atoms with Crippen LogP contribution < -0.4 is 10.6 Å². The summed E-state index contributed by atoms with van der Waals surface area (Å²) >= 11 is 6.17. The van der Waals surface area contributed by atoms with Crippen LogP contribution in [-0.4, -0.2) is 6.03 Å². The van der Waals surface area contributed by atoms with Gasteiger partial charge in [-0.05, 0) is 42.5 Å². The highest BCUT2D eigenvalue weighted by atomic mass is 35.5. The summed E-state index contributed by atoms with van der Waals surface area (Å²) in [6, 6.07) is 15.6. The molecule has 0 bridgehead atoms. The molecule has 0 aliphatic heterocycles. The summed E-state index contributed by atoms with van der Waals surface area (Å²) in [6.07, 6.45) is 1.97. The van der Waals surface area contributed by atoms with E-state index in [1.54, 1.807) is 0 Å². The van der Waals surface area contributed by atoms with Gasteiger partial charge in [0, 0.05) is 5.02 Å². The van der Waals surface area contributed by atoms with Crippen molar-refractivity contribution in [1.82, 2.24) is 10.6 Å². The maximum Gasteiger partial charge on any atom is 0.315 e. The minimum Gasteiger partial charge on any atom is -0.332 e. The van der Waals surface area contributed by atoms with Crippen molar-refractivity contribution in [2.75, 3.05) is 0 Å². The third kappa shape index (κ3) is 3.09. The van der Waals surface area contributed by atoms with Crippen LogP contribution >= 0.6 is 11.6 Å². The zero-order valence-electron chi connectivity index (χ0n) is 12.5. The normalized spacial score (nSPS) is 17.6. The fourth-order valence-electron chi connectivity index (χ4n) is 3.01. The minimum absolute atomic E-state index is 0.0923. The Labute approximate surface area is 135 Å². The van der Waals surface area contributed by atoms with Crippen molar-refractivity contribution in [1.29, 1.82) is 0 Å². The van der Waals surface area contributed by atoms with Crippen LogP contribution in [0.5, 0.6) is 0 Å². The van der Waals surface area contributed by atoms with Crippen LogP contribution in [0.15, 0.2) is 48.5 Å². The van der Waals surface area contributed by atoms with E-state index in [0.29, 0.717) is 5.02 Å². The number of hydrogen-bond donors (Lipinski definition) is 2. The number of halogens is 1. The standard InChI is InChI=1S/C18H19ClN2O/c1-12(14-7-4-5-9-16(14)19)20-18(22)21-17-11-10-13-6-2-3-8-15(13)17/h2-9,12,17H,10-11H2,1H3,(H2,20,21,22). The van der Waals surface area contributed by atoms with E-state index in [1.807, 2.05) is 43.3 Å². The zero-order valence-corrected chi connectivity index (χ0v) is 13.2. The first-order valence-corrected chi connectivity index (χ1v) is 7.92. The number of amides is 2. The summed E-state index contributed by atoms with van der Waals surface area (Å²) in [4.78, 5) is 12.2. The fraction of sp³-hybridized carbons (Fsp3) is 0.278. The average Bonchev–Trinajstić information content (AvgIpc) is 2.91.